The lowest BCUT2D eigenvalue weighted by molar-refractivity contribution is -0.128. The first-order chi connectivity index (χ1) is 20.5. The number of nitrogens with one attached hydrogen (secondary N) is 1. The molecule has 1 unspecified atom stereocenters. The summed E-state index contributed by atoms with van der Waals surface area (Å²) in [6.45, 7) is 0.501. The highest BCUT2D eigenvalue weighted by atomic mass is 16.5. The second-order valence-electron chi connectivity index (χ2n) is 9.91. The van der Waals surface area contributed by atoms with Crippen LogP contribution in [-0.2, 0) is 27.4 Å². The van der Waals surface area contributed by atoms with E-state index in [0.29, 0.717) is 48.8 Å². The van der Waals surface area contributed by atoms with E-state index in [9.17, 15) is 9.59 Å². The van der Waals surface area contributed by atoms with Crippen LogP contribution in [0.1, 0.15) is 30.4 Å². The molecule has 0 aliphatic carbocycles. The number of rotatable bonds is 16. The number of carbonyl (C=O) groups is 2. The Kier molecular flexibility index (Phi) is 11.5. The van der Waals surface area contributed by atoms with Crippen molar-refractivity contribution in [1.29, 1.82) is 0 Å². The summed E-state index contributed by atoms with van der Waals surface area (Å²) < 4.78 is 22.4. The third kappa shape index (κ3) is 9.49. The molecule has 4 aromatic carbocycles. The van der Waals surface area contributed by atoms with Crippen molar-refractivity contribution in [1.82, 2.24) is 0 Å². The maximum atomic E-state index is 13.3. The van der Waals surface area contributed by atoms with Gasteiger partial charge in [-0.15, -0.1) is 0 Å². The SMILES string of the molecule is COc1ccc(CCCC(=O)CC(COCc2ccccc2)C(=O)Nc2ccc(Oc3ccccc3)cc2)cc1OC. The summed E-state index contributed by atoms with van der Waals surface area (Å²) in [5.74, 6) is 1.86. The largest absolute Gasteiger partial charge is 0.493 e. The molecular formula is C35H37NO6. The molecule has 0 heterocycles. The van der Waals surface area contributed by atoms with E-state index in [1.54, 1.807) is 38.5 Å². The summed E-state index contributed by atoms with van der Waals surface area (Å²) in [5.41, 5.74) is 2.68. The van der Waals surface area contributed by atoms with Gasteiger partial charge in [0.2, 0.25) is 5.91 Å². The second kappa shape index (κ2) is 16.0. The molecule has 0 saturated carbocycles. The van der Waals surface area contributed by atoms with Crippen molar-refractivity contribution < 1.29 is 28.5 Å². The number of benzene rings is 4. The molecule has 0 fully saturated rings. The second-order valence-corrected chi connectivity index (χ2v) is 9.91. The summed E-state index contributed by atoms with van der Waals surface area (Å²) >= 11 is 0. The van der Waals surface area contributed by atoms with E-state index < -0.39 is 5.92 Å². The van der Waals surface area contributed by atoms with Gasteiger partial charge in [0.15, 0.2) is 11.5 Å². The minimum Gasteiger partial charge on any atom is -0.493 e. The fourth-order valence-corrected chi connectivity index (χ4v) is 4.50. The zero-order chi connectivity index (χ0) is 29.6. The number of aryl methyl sites for hydroxylation is 1. The van der Waals surface area contributed by atoms with Crippen LogP contribution in [0.15, 0.2) is 103 Å². The van der Waals surface area contributed by atoms with Crippen LogP contribution in [0.5, 0.6) is 23.0 Å². The van der Waals surface area contributed by atoms with Crippen molar-refractivity contribution in [2.75, 3.05) is 26.1 Å². The van der Waals surface area contributed by atoms with Gasteiger partial charge in [0.05, 0.1) is 33.4 Å². The normalized spacial score (nSPS) is 11.4. The van der Waals surface area contributed by atoms with Crippen LogP contribution in [0.4, 0.5) is 5.69 Å². The van der Waals surface area contributed by atoms with Gasteiger partial charge < -0.3 is 24.3 Å². The Hall–Kier alpha value is -4.62. The smallest absolute Gasteiger partial charge is 0.230 e. The van der Waals surface area contributed by atoms with Crippen molar-refractivity contribution in [3.8, 4) is 23.0 Å². The fourth-order valence-electron chi connectivity index (χ4n) is 4.50. The molecule has 0 radical (unpaired) electrons. The molecule has 4 aromatic rings. The van der Waals surface area contributed by atoms with E-state index in [4.69, 9.17) is 18.9 Å². The lowest BCUT2D eigenvalue weighted by Crippen LogP contribution is -2.29. The van der Waals surface area contributed by atoms with Crippen LogP contribution in [0, 0.1) is 5.92 Å². The molecule has 0 aromatic heterocycles. The van der Waals surface area contributed by atoms with Crippen molar-refractivity contribution in [2.45, 2.75) is 32.3 Å². The summed E-state index contributed by atoms with van der Waals surface area (Å²) in [7, 11) is 3.20. The van der Waals surface area contributed by atoms with E-state index in [2.05, 4.69) is 5.32 Å². The van der Waals surface area contributed by atoms with Gasteiger partial charge in [-0.3, -0.25) is 9.59 Å². The molecule has 7 nitrogen and oxygen atoms in total. The highest BCUT2D eigenvalue weighted by Gasteiger charge is 2.23. The van der Waals surface area contributed by atoms with Crippen LogP contribution < -0.4 is 19.5 Å². The molecule has 218 valence electrons. The number of anilines is 1. The lowest BCUT2D eigenvalue weighted by atomic mass is 9.98. The fraction of sp³-hybridized carbons (Fsp3) is 0.257. The van der Waals surface area contributed by atoms with Crippen molar-refractivity contribution in [2.24, 2.45) is 5.92 Å². The molecular weight excluding hydrogens is 530 g/mol. The predicted molar refractivity (Wildman–Crippen MR) is 163 cm³/mol. The Morgan fingerprint density at radius 1 is 0.738 bits per heavy atom. The quantitative estimate of drug-likeness (QED) is 0.154. The van der Waals surface area contributed by atoms with E-state index >= 15 is 0 Å². The Morgan fingerprint density at radius 2 is 1.40 bits per heavy atom. The molecule has 1 N–H and O–H groups in total. The molecule has 0 aliphatic rings. The van der Waals surface area contributed by atoms with Crippen LogP contribution in [0.2, 0.25) is 0 Å². The first-order valence-electron chi connectivity index (χ1n) is 14.0. The van der Waals surface area contributed by atoms with Crippen molar-refractivity contribution in [3.63, 3.8) is 0 Å². The molecule has 0 spiro atoms. The Labute approximate surface area is 247 Å². The number of amides is 1. The van der Waals surface area contributed by atoms with Gasteiger partial charge in [-0.1, -0.05) is 54.6 Å². The molecule has 0 aliphatic heterocycles. The van der Waals surface area contributed by atoms with Crippen LogP contribution in [0.3, 0.4) is 0 Å². The monoisotopic (exact) mass is 567 g/mol. The maximum Gasteiger partial charge on any atom is 0.230 e. The van der Waals surface area contributed by atoms with Gasteiger partial charge in [0.1, 0.15) is 17.3 Å². The maximum absolute atomic E-state index is 13.3. The van der Waals surface area contributed by atoms with Gasteiger partial charge in [-0.25, -0.2) is 0 Å². The number of carbonyl (C=O) groups excluding carboxylic acids is 2. The van der Waals surface area contributed by atoms with Crippen LogP contribution >= 0.6 is 0 Å². The summed E-state index contributed by atoms with van der Waals surface area (Å²) in [5, 5.41) is 2.94. The number of ketones is 1. The Bertz CT molecular complexity index is 1410. The van der Waals surface area contributed by atoms with Crippen molar-refractivity contribution >= 4 is 17.4 Å². The van der Waals surface area contributed by atoms with Crippen LogP contribution in [-0.4, -0.2) is 32.5 Å². The van der Waals surface area contributed by atoms with Crippen LogP contribution in [0.25, 0.3) is 0 Å². The predicted octanol–water partition coefficient (Wildman–Crippen LogP) is 7.25. The number of para-hydroxylation sites is 1. The Balaban J connectivity index is 1.33. The number of methoxy groups -OCH3 is 2. The molecule has 1 amide bonds. The first kappa shape index (κ1) is 30.3. The van der Waals surface area contributed by atoms with Gasteiger partial charge in [-0.05, 0) is 72.5 Å². The van der Waals surface area contributed by atoms with Crippen molar-refractivity contribution in [3.05, 3.63) is 114 Å². The molecule has 42 heavy (non-hydrogen) atoms. The number of hydrogen-bond donors (Lipinski definition) is 1. The van der Waals surface area contributed by atoms with E-state index in [1.165, 1.54) is 0 Å². The number of Topliss-reactive ketones (excluding diaryl/α,β-unsaturated/α-hetero) is 1. The van der Waals surface area contributed by atoms with Gasteiger partial charge in [0.25, 0.3) is 0 Å². The average molecular weight is 568 g/mol. The average Bonchev–Trinajstić information content (AvgIpc) is 3.02. The van der Waals surface area contributed by atoms with E-state index in [-0.39, 0.29) is 24.7 Å². The van der Waals surface area contributed by atoms with Gasteiger partial charge >= 0.3 is 0 Å². The molecule has 4 rings (SSSR count). The third-order valence-corrected chi connectivity index (χ3v) is 6.75. The molecule has 0 bridgehead atoms. The summed E-state index contributed by atoms with van der Waals surface area (Å²) in [6, 6.07) is 32.1. The molecule has 1 atom stereocenters. The molecule has 7 heteroatoms. The number of hydrogen-bond acceptors (Lipinski definition) is 6. The minimum absolute atomic E-state index is 0.0190. The first-order valence-corrected chi connectivity index (χ1v) is 14.0. The summed E-state index contributed by atoms with van der Waals surface area (Å²) in [4.78, 5) is 26.3. The van der Waals surface area contributed by atoms with E-state index in [0.717, 1.165) is 16.9 Å². The zero-order valence-corrected chi connectivity index (χ0v) is 24.1. The zero-order valence-electron chi connectivity index (χ0n) is 24.1. The van der Waals surface area contributed by atoms with Gasteiger partial charge in [0, 0.05) is 18.5 Å². The topological polar surface area (TPSA) is 83.1 Å². The Morgan fingerprint density at radius 3 is 2.10 bits per heavy atom. The summed E-state index contributed by atoms with van der Waals surface area (Å²) in [6.07, 6.45) is 1.84. The van der Waals surface area contributed by atoms with E-state index in [1.807, 2.05) is 78.9 Å². The highest BCUT2D eigenvalue weighted by Crippen LogP contribution is 2.28. The number of ether oxygens (including phenoxy) is 4. The highest BCUT2D eigenvalue weighted by molar-refractivity contribution is 5.95. The van der Waals surface area contributed by atoms with Gasteiger partial charge in [-0.2, -0.15) is 0 Å². The standard InChI is InChI=1S/C35H37NO6/c1-39-33-21-16-26(22-34(33)40-2)12-9-13-30(37)23-28(25-41-24-27-10-5-3-6-11-27)35(38)36-29-17-19-32(20-18-29)42-31-14-7-4-8-15-31/h3-8,10-11,14-22,28H,9,12-13,23-25H2,1-2H3,(H,36,38). The lowest BCUT2D eigenvalue weighted by Gasteiger charge is -2.17. The molecule has 0 saturated heterocycles. The minimum atomic E-state index is -0.623. The third-order valence-electron chi connectivity index (χ3n) is 6.75.